The molecule has 0 radical (unpaired) electrons. The summed E-state index contributed by atoms with van der Waals surface area (Å²) in [6, 6.07) is 0. The number of hydrogen-bond acceptors (Lipinski definition) is 3. The van der Waals surface area contributed by atoms with Crippen molar-refractivity contribution in [3.05, 3.63) is 24.8 Å². The van der Waals surface area contributed by atoms with Gasteiger partial charge in [-0.05, 0) is 6.42 Å². The summed E-state index contributed by atoms with van der Waals surface area (Å²) in [7, 11) is -5.36. The van der Waals surface area contributed by atoms with E-state index in [0.29, 0.717) is 0 Å². The molecule has 0 bridgehead atoms. The van der Waals surface area contributed by atoms with Gasteiger partial charge in [-0.15, -0.1) is 6.58 Å². The molecule has 0 rings (SSSR count). The zero-order valence-electron chi connectivity index (χ0n) is 17.4. The Labute approximate surface area is 156 Å². The maximum Gasteiger partial charge on any atom is 0.320 e. The minimum absolute atomic E-state index is 0.0547. The largest absolute Gasteiger partial charge is 0.524 e. The van der Waals surface area contributed by atoms with Gasteiger partial charge in [-0.25, -0.2) is 4.79 Å². The molecule has 0 spiro atoms. The van der Waals surface area contributed by atoms with Crippen molar-refractivity contribution in [1.82, 2.24) is 0 Å². The first kappa shape index (κ1) is 24.3. The Kier molecular flexibility index (Phi) is 7.67. The Morgan fingerprint density at radius 2 is 1.32 bits per heavy atom. The van der Waals surface area contributed by atoms with Gasteiger partial charge in [0.15, 0.2) is 0 Å². The van der Waals surface area contributed by atoms with Crippen LogP contribution in [0.15, 0.2) is 24.8 Å². The van der Waals surface area contributed by atoms with Crippen LogP contribution < -0.4 is 0 Å². The normalized spacial score (nSPS) is 14.6. The first-order chi connectivity index (χ1) is 10.9. The van der Waals surface area contributed by atoms with Crippen LogP contribution in [0.5, 0.6) is 0 Å². The summed E-state index contributed by atoms with van der Waals surface area (Å²) in [5.74, 6) is -2.50. The molecule has 0 aromatic carbocycles. The Hall–Kier alpha value is -0.712. The summed E-state index contributed by atoms with van der Waals surface area (Å²) < 4.78 is 6.46. The van der Waals surface area contributed by atoms with Gasteiger partial charge in [0.2, 0.25) is 6.87 Å². The van der Waals surface area contributed by atoms with Crippen LogP contribution in [-0.4, -0.2) is 46.7 Å². The first-order valence-corrected chi connectivity index (χ1v) is 24.1. The number of rotatable bonds is 9. The molecule has 0 aromatic heterocycles. The van der Waals surface area contributed by atoms with Gasteiger partial charge in [-0.3, -0.25) is 4.79 Å². The highest BCUT2D eigenvalue weighted by molar-refractivity contribution is 7.87. The van der Waals surface area contributed by atoms with Gasteiger partial charge in [0.05, 0.1) is 28.7 Å². The molecule has 8 heteroatoms. The van der Waals surface area contributed by atoms with Crippen molar-refractivity contribution in [3.63, 3.8) is 0 Å². The van der Waals surface area contributed by atoms with Crippen LogP contribution in [0.4, 0.5) is 0 Å². The third-order valence-electron chi connectivity index (χ3n) is 4.80. The van der Waals surface area contributed by atoms with E-state index in [1.54, 1.807) is 0 Å². The third-order valence-corrected chi connectivity index (χ3v) is 72.1. The van der Waals surface area contributed by atoms with Gasteiger partial charge in [0.1, 0.15) is 0 Å². The van der Waals surface area contributed by atoms with E-state index in [9.17, 15) is 14.7 Å². The van der Waals surface area contributed by atoms with E-state index in [2.05, 4.69) is 72.1 Å². The molecule has 1 N–H and O–H groups in total. The lowest BCUT2D eigenvalue weighted by Crippen LogP contribution is -2.84. The molecule has 0 aliphatic heterocycles. The SMILES string of the molecule is C=CCC(C(=C)C(=O)O[Si]([Si](C)(C)C)([Si](C)(C)C)[Si](C)(C)C)C(=O)O. The number of carbonyl (C=O) groups excluding carboxylic acids is 1. The van der Waals surface area contributed by atoms with Crippen molar-refractivity contribution in [2.45, 2.75) is 65.3 Å². The maximum absolute atomic E-state index is 13.0. The fraction of sp³-hybridized carbons (Fsp3) is 0.647. The van der Waals surface area contributed by atoms with Crippen LogP contribution >= 0.6 is 0 Å². The highest BCUT2D eigenvalue weighted by Crippen LogP contribution is 2.38. The first-order valence-electron chi connectivity index (χ1n) is 8.70. The molecule has 0 amide bonds. The standard InChI is InChI=1S/C17H36O4Si4/c1-12-13-15(16(18)19)14(2)17(20)21-25(22(3,4)5,23(6,7)8)24(9,10)11/h12,15H,1-2,13H2,3-11H3,(H,18,19). The van der Waals surface area contributed by atoms with Gasteiger partial charge >= 0.3 is 11.9 Å². The molecule has 25 heavy (non-hydrogen) atoms. The summed E-state index contributed by atoms with van der Waals surface area (Å²) in [5, 5.41) is 9.42. The summed E-state index contributed by atoms with van der Waals surface area (Å²) >= 11 is 0. The summed E-state index contributed by atoms with van der Waals surface area (Å²) in [6.07, 6.45) is 1.70. The minimum Gasteiger partial charge on any atom is -0.524 e. The van der Waals surface area contributed by atoms with E-state index >= 15 is 0 Å². The molecule has 0 heterocycles. The zero-order chi connectivity index (χ0) is 20.4. The van der Waals surface area contributed by atoms with E-state index in [1.807, 2.05) is 0 Å². The quantitative estimate of drug-likeness (QED) is 0.340. The van der Waals surface area contributed by atoms with Gasteiger partial charge in [-0.2, -0.15) is 0 Å². The molecule has 1 atom stereocenters. The monoisotopic (exact) mass is 416 g/mol. The number of carbonyl (C=O) groups is 2. The van der Waals surface area contributed by atoms with Crippen molar-refractivity contribution in [2.75, 3.05) is 0 Å². The predicted molar refractivity (Wildman–Crippen MR) is 117 cm³/mol. The van der Waals surface area contributed by atoms with Gasteiger partial charge in [0.25, 0.3) is 0 Å². The average Bonchev–Trinajstić information content (AvgIpc) is 2.36. The molecule has 144 valence electrons. The van der Waals surface area contributed by atoms with Crippen LogP contribution in [-0.2, 0) is 14.0 Å². The smallest absolute Gasteiger partial charge is 0.320 e. The van der Waals surface area contributed by atoms with Gasteiger partial charge < -0.3 is 9.53 Å². The van der Waals surface area contributed by atoms with Crippen molar-refractivity contribution in [1.29, 1.82) is 0 Å². The molecule has 0 fully saturated rings. The van der Waals surface area contributed by atoms with E-state index in [4.69, 9.17) is 4.43 Å². The van der Waals surface area contributed by atoms with E-state index in [0.717, 1.165) is 0 Å². The molecule has 4 nitrogen and oxygen atoms in total. The lowest BCUT2D eigenvalue weighted by Gasteiger charge is -2.55. The number of carboxylic acids is 1. The summed E-state index contributed by atoms with van der Waals surface area (Å²) in [6.45, 7) is 25.8. The fourth-order valence-electron chi connectivity index (χ4n) is 4.74. The highest BCUT2D eigenvalue weighted by Gasteiger charge is 2.66. The van der Waals surface area contributed by atoms with Crippen LogP contribution in [0.25, 0.3) is 0 Å². The maximum atomic E-state index is 13.0. The van der Waals surface area contributed by atoms with Gasteiger partial charge in [-0.1, -0.05) is 71.6 Å². The molecule has 0 aliphatic carbocycles. The predicted octanol–water partition coefficient (Wildman–Crippen LogP) is 4.56. The third kappa shape index (κ3) is 4.93. The summed E-state index contributed by atoms with van der Waals surface area (Å²) in [4.78, 5) is 24.5. The Balaban J connectivity index is 6.15. The summed E-state index contributed by atoms with van der Waals surface area (Å²) in [5.41, 5.74) is 0.0547. The van der Waals surface area contributed by atoms with Crippen molar-refractivity contribution in [2.24, 2.45) is 5.92 Å². The fourth-order valence-corrected chi connectivity index (χ4v) is 97.4. The molecule has 0 aliphatic rings. The topological polar surface area (TPSA) is 63.6 Å². The lowest BCUT2D eigenvalue weighted by molar-refractivity contribution is -0.143. The average molecular weight is 417 g/mol. The van der Waals surface area contributed by atoms with E-state index in [-0.39, 0.29) is 12.0 Å². The number of hydrogen-bond donors (Lipinski definition) is 1. The van der Waals surface area contributed by atoms with Crippen molar-refractivity contribution < 1.29 is 19.1 Å². The Bertz CT molecular complexity index is 514. The number of carboxylic acid groups (broad SMARTS) is 1. The number of allylic oxidation sites excluding steroid dienone is 1. The zero-order valence-corrected chi connectivity index (χ0v) is 21.4. The second-order valence-electron chi connectivity index (χ2n) is 9.76. The molecule has 0 saturated carbocycles. The molecular formula is C17H36O4Si4. The molecule has 1 unspecified atom stereocenters. The second-order valence-corrected chi connectivity index (χ2v) is 49.2. The van der Waals surface area contributed by atoms with Crippen LogP contribution in [0, 0.1) is 5.92 Å². The van der Waals surface area contributed by atoms with Crippen LogP contribution in [0.2, 0.25) is 58.9 Å². The van der Waals surface area contributed by atoms with Crippen LogP contribution in [0.3, 0.4) is 0 Å². The Morgan fingerprint density at radius 1 is 0.960 bits per heavy atom. The van der Waals surface area contributed by atoms with E-state index in [1.165, 1.54) is 6.08 Å². The van der Waals surface area contributed by atoms with E-state index < -0.39 is 47.5 Å². The van der Waals surface area contributed by atoms with Crippen LogP contribution in [0.1, 0.15) is 6.42 Å². The minimum atomic E-state index is -2.34. The van der Waals surface area contributed by atoms with Crippen molar-refractivity contribution >= 4 is 41.6 Å². The van der Waals surface area contributed by atoms with Gasteiger partial charge in [0, 0.05) is 5.57 Å². The Morgan fingerprint density at radius 3 is 1.56 bits per heavy atom. The lowest BCUT2D eigenvalue weighted by atomic mass is 9.97. The molecular weight excluding hydrogens is 381 g/mol. The number of aliphatic carboxylic acids is 1. The van der Waals surface area contributed by atoms with Crippen molar-refractivity contribution in [3.8, 4) is 0 Å². The molecule has 0 aromatic rings. The molecule has 0 saturated heterocycles. The highest BCUT2D eigenvalue weighted by atomic mass is 29.9. The second kappa shape index (κ2) is 7.89.